The first-order valence-corrected chi connectivity index (χ1v) is 7.17. The van der Waals surface area contributed by atoms with Crippen LogP contribution in [0.1, 0.15) is 30.1 Å². The van der Waals surface area contributed by atoms with Crippen LogP contribution in [0.4, 0.5) is 0 Å². The van der Waals surface area contributed by atoms with Gasteiger partial charge in [0.2, 0.25) is 0 Å². The van der Waals surface area contributed by atoms with Crippen molar-refractivity contribution in [1.82, 2.24) is 16.0 Å². The van der Waals surface area contributed by atoms with E-state index in [4.69, 9.17) is 0 Å². The van der Waals surface area contributed by atoms with Gasteiger partial charge in [0.1, 0.15) is 0 Å². The molecule has 0 unspecified atom stereocenters. The van der Waals surface area contributed by atoms with Gasteiger partial charge >= 0.3 is 0 Å². The molecule has 1 fully saturated rings. The van der Waals surface area contributed by atoms with Crippen molar-refractivity contribution in [3.8, 4) is 0 Å². The summed E-state index contributed by atoms with van der Waals surface area (Å²) >= 11 is 0. The van der Waals surface area contributed by atoms with Crippen LogP contribution in [-0.2, 0) is 0 Å². The van der Waals surface area contributed by atoms with E-state index in [-0.39, 0.29) is 29.9 Å². The Morgan fingerprint density at radius 2 is 1.95 bits per heavy atom. The molecule has 1 saturated carbocycles. The van der Waals surface area contributed by atoms with Crippen LogP contribution in [-0.4, -0.2) is 37.5 Å². The second kappa shape index (κ2) is 9.59. The third kappa shape index (κ3) is 6.79. The number of hydrogen-bond donors (Lipinski definition) is 3. The largest absolute Gasteiger partial charge is 0.357 e. The van der Waals surface area contributed by atoms with E-state index >= 15 is 0 Å². The van der Waals surface area contributed by atoms with Gasteiger partial charge in [0.15, 0.2) is 5.96 Å². The first-order valence-electron chi connectivity index (χ1n) is 7.17. The molecule has 116 valence electrons. The van der Waals surface area contributed by atoms with Crippen molar-refractivity contribution in [3.63, 3.8) is 0 Å². The lowest BCUT2D eigenvalue weighted by Gasteiger charge is -2.10. The summed E-state index contributed by atoms with van der Waals surface area (Å²) in [5.74, 6) is 0.782. The van der Waals surface area contributed by atoms with Gasteiger partial charge < -0.3 is 16.0 Å². The average Bonchev–Trinajstić information content (AvgIpc) is 3.28. The van der Waals surface area contributed by atoms with Crippen molar-refractivity contribution in [1.29, 1.82) is 0 Å². The van der Waals surface area contributed by atoms with Crippen LogP contribution in [0.3, 0.4) is 0 Å². The number of halogens is 1. The molecule has 1 amide bonds. The van der Waals surface area contributed by atoms with Crippen LogP contribution in [0.15, 0.2) is 35.3 Å². The molecule has 6 heteroatoms. The Balaban J connectivity index is 0.00000220. The Kier molecular flexibility index (Phi) is 8.11. The molecule has 0 saturated heterocycles. The molecule has 2 rings (SSSR count). The van der Waals surface area contributed by atoms with Crippen LogP contribution in [0.5, 0.6) is 0 Å². The number of amides is 1. The molecular formula is C15H23IN4O. The molecule has 3 N–H and O–H groups in total. The zero-order chi connectivity index (χ0) is 14.2. The SMILES string of the molecule is CCNC(=NCCNC(=O)c1ccccc1)NC1CC1.I. The normalized spacial score (nSPS) is 14.0. The van der Waals surface area contributed by atoms with Crippen LogP contribution < -0.4 is 16.0 Å². The maximum atomic E-state index is 11.8. The molecule has 1 aromatic carbocycles. The van der Waals surface area contributed by atoms with Crippen molar-refractivity contribution >= 4 is 35.8 Å². The lowest BCUT2D eigenvalue weighted by Crippen LogP contribution is -2.39. The monoisotopic (exact) mass is 402 g/mol. The molecule has 1 aliphatic carbocycles. The van der Waals surface area contributed by atoms with E-state index in [9.17, 15) is 4.79 Å². The fourth-order valence-corrected chi connectivity index (χ4v) is 1.77. The number of guanidine groups is 1. The molecule has 21 heavy (non-hydrogen) atoms. The van der Waals surface area contributed by atoms with Crippen LogP contribution in [0.2, 0.25) is 0 Å². The molecule has 0 heterocycles. The maximum absolute atomic E-state index is 11.8. The molecule has 0 atom stereocenters. The average molecular weight is 402 g/mol. The minimum absolute atomic E-state index is 0. The highest BCUT2D eigenvalue weighted by molar-refractivity contribution is 14.0. The minimum Gasteiger partial charge on any atom is -0.357 e. The summed E-state index contributed by atoms with van der Waals surface area (Å²) in [6, 6.07) is 9.79. The van der Waals surface area contributed by atoms with Gasteiger partial charge in [-0.3, -0.25) is 9.79 Å². The molecular weight excluding hydrogens is 379 g/mol. The molecule has 0 aromatic heterocycles. The highest BCUT2D eigenvalue weighted by Gasteiger charge is 2.21. The predicted molar refractivity (Wildman–Crippen MR) is 96.3 cm³/mol. The van der Waals surface area contributed by atoms with Gasteiger partial charge in [-0.25, -0.2) is 0 Å². The Morgan fingerprint density at radius 3 is 2.57 bits per heavy atom. The van der Waals surface area contributed by atoms with Crippen molar-refractivity contribution < 1.29 is 4.79 Å². The fourth-order valence-electron chi connectivity index (χ4n) is 1.77. The van der Waals surface area contributed by atoms with Gasteiger partial charge in [0.05, 0.1) is 6.54 Å². The highest BCUT2D eigenvalue weighted by Crippen LogP contribution is 2.18. The standard InChI is InChI=1S/C15H22N4O.HI/c1-2-16-15(19-13-8-9-13)18-11-10-17-14(20)12-6-4-3-5-7-12;/h3-7,13H,2,8-11H2,1H3,(H,17,20)(H2,16,18,19);1H. The van der Waals surface area contributed by atoms with E-state index in [2.05, 4.69) is 20.9 Å². The van der Waals surface area contributed by atoms with Crippen LogP contribution >= 0.6 is 24.0 Å². The summed E-state index contributed by atoms with van der Waals surface area (Å²) in [6.45, 7) is 3.99. The van der Waals surface area contributed by atoms with Crippen molar-refractivity contribution in [2.24, 2.45) is 4.99 Å². The number of hydrogen-bond acceptors (Lipinski definition) is 2. The second-order valence-corrected chi connectivity index (χ2v) is 4.80. The zero-order valence-corrected chi connectivity index (χ0v) is 14.6. The number of nitrogens with one attached hydrogen (secondary N) is 3. The van der Waals surface area contributed by atoms with E-state index in [1.165, 1.54) is 12.8 Å². The first kappa shape index (κ1) is 17.7. The van der Waals surface area contributed by atoms with Gasteiger partial charge in [-0.15, -0.1) is 24.0 Å². The van der Waals surface area contributed by atoms with Gasteiger partial charge in [0, 0.05) is 24.7 Å². The third-order valence-electron chi connectivity index (χ3n) is 2.97. The molecule has 1 aliphatic rings. The fraction of sp³-hybridized carbons (Fsp3) is 0.467. The lowest BCUT2D eigenvalue weighted by atomic mass is 10.2. The summed E-state index contributed by atoms with van der Waals surface area (Å²) < 4.78 is 0. The van der Waals surface area contributed by atoms with E-state index in [1.807, 2.05) is 25.1 Å². The van der Waals surface area contributed by atoms with E-state index in [1.54, 1.807) is 12.1 Å². The number of carbonyl (C=O) groups is 1. The summed E-state index contributed by atoms with van der Waals surface area (Å²) in [7, 11) is 0. The summed E-state index contributed by atoms with van der Waals surface area (Å²) in [4.78, 5) is 16.3. The molecule has 0 radical (unpaired) electrons. The van der Waals surface area contributed by atoms with Gasteiger partial charge in [-0.1, -0.05) is 18.2 Å². The number of benzene rings is 1. The van der Waals surface area contributed by atoms with E-state index in [0.717, 1.165) is 12.5 Å². The van der Waals surface area contributed by atoms with Crippen molar-refractivity contribution in [2.75, 3.05) is 19.6 Å². The minimum atomic E-state index is -0.0547. The molecule has 0 spiro atoms. The lowest BCUT2D eigenvalue weighted by molar-refractivity contribution is 0.0955. The number of carbonyl (C=O) groups excluding carboxylic acids is 1. The number of rotatable bonds is 6. The van der Waals surface area contributed by atoms with Crippen molar-refractivity contribution in [3.05, 3.63) is 35.9 Å². The summed E-state index contributed by atoms with van der Waals surface area (Å²) in [5, 5.41) is 9.40. The summed E-state index contributed by atoms with van der Waals surface area (Å²) in [5.41, 5.74) is 0.680. The zero-order valence-electron chi connectivity index (χ0n) is 12.3. The van der Waals surface area contributed by atoms with Crippen molar-refractivity contribution in [2.45, 2.75) is 25.8 Å². The van der Waals surface area contributed by atoms with Crippen LogP contribution in [0, 0.1) is 0 Å². The molecule has 5 nitrogen and oxygen atoms in total. The Labute approximate surface area is 143 Å². The van der Waals surface area contributed by atoms with E-state index in [0.29, 0.717) is 24.7 Å². The first-order chi connectivity index (χ1) is 9.79. The Morgan fingerprint density at radius 1 is 1.24 bits per heavy atom. The third-order valence-corrected chi connectivity index (χ3v) is 2.97. The predicted octanol–water partition coefficient (Wildman–Crippen LogP) is 1.75. The second-order valence-electron chi connectivity index (χ2n) is 4.80. The van der Waals surface area contributed by atoms with E-state index < -0.39 is 0 Å². The van der Waals surface area contributed by atoms with Gasteiger partial charge in [-0.2, -0.15) is 0 Å². The molecule has 0 aliphatic heterocycles. The number of aliphatic imine (C=N–C) groups is 1. The quantitative estimate of drug-likeness (QED) is 0.294. The smallest absolute Gasteiger partial charge is 0.251 e. The Bertz CT molecular complexity index is 460. The topological polar surface area (TPSA) is 65.5 Å². The number of nitrogens with zero attached hydrogens (tertiary/aromatic N) is 1. The van der Waals surface area contributed by atoms with Crippen LogP contribution in [0.25, 0.3) is 0 Å². The highest BCUT2D eigenvalue weighted by atomic mass is 127. The molecule has 0 bridgehead atoms. The Hall–Kier alpha value is -1.31. The maximum Gasteiger partial charge on any atom is 0.251 e. The molecule has 1 aromatic rings. The summed E-state index contributed by atoms with van der Waals surface area (Å²) in [6.07, 6.45) is 2.43. The van der Waals surface area contributed by atoms with Gasteiger partial charge in [0.25, 0.3) is 5.91 Å². The van der Waals surface area contributed by atoms with Gasteiger partial charge in [-0.05, 0) is 31.9 Å².